The Morgan fingerprint density at radius 2 is 1.95 bits per heavy atom. The fourth-order valence-electron chi connectivity index (χ4n) is 2.33. The van der Waals surface area contributed by atoms with E-state index >= 15 is 0 Å². The summed E-state index contributed by atoms with van der Waals surface area (Å²) in [6.07, 6.45) is 7.74. The summed E-state index contributed by atoms with van der Waals surface area (Å²) in [6.45, 7) is 6.42. The number of nitrogens with one attached hydrogen (secondary N) is 1. The summed E-state index contributed by atoms with van der Waals surface area (Å²) in [4.78, 5) is 0. The van der Waals surface area contributed by atoms with Gasteiger partial charge in [-0.25, -0.2) is 0 Å². The van der Waals surface area contributed by atoms with E-state index in [4.69, 9.17) is 0 Å². The maximum Gasteiger partial charge on any atom is 0.102 e. The molecule has 0 fully saturated rings. The Bertz CT molecular complexity index is 418. The monoisotopic (exact) mass is 258 g/mol. The predicted molar refractivity (Wildman–Crippen MR) is 82.4 cm³/mol. The van der Waals surface area contributed by atoms with Crippen LogP contribution in [0.3, 0.4) is 0 Å². The van der Waals surface area contributed by atoms with Gasteiger partial charge in [0.15, 0.2) is 0 Å². The molecule has 0 bridgehead atoms. The number of benzene rings is 1. The summed E-state index contributed by atoms with van der Waals surface area (Å²) in [5.41, 5.74) is 2.80. The highest BCUT2D eigenvalue weighted by Crippen LogP contribution is 2.20. The normalized spacial score (nSPS) is 11.9. The average Bonchev–Trinajstić information content (AvgIpc) is 2.39. The summed E-state index contributed by atoms with van der Waals surface area (Å²) in [6, 6.07) is 8.71. The van der Waals surface area contributed by atoms with Gasteiger partial charge in [-0.2, -0.15) is 5.26 Å². The number of unbranched alkanes of at least 4 members (excludes halogenated alkanes) is 4. The third-order valence-electron chi connectivity index (χ3n) is 3.53. The molecule has 0 saturated carbocycles. The van der Waals surface area contributed by atoms with Crippen molar-refractivity contribution in [3.05, 3.63) is 29.3 Å². The molecule has 104 valence electrons. The number of hydrogen-bond donors (Lipinski definition) is 1. The predicted octanol–water partition coefficient (Wildman–Crippen LogP) is 5.03. The molecule has 0 aliphatic carbocycles. The first-order valence-electron chi connectivity index (χ1n) is 7.45. The molecule has 0 aromatic heterocycles. The summed E-state index contributed by atoms with van der Waals surface area (Å²) in [7, 11) is 0. The van der Waals surface area contributed by atoms with Crippen molar-refractivity contribution in [2.45, 2.75) is 65.3 Å². The number of anilines is 1. The standard InChI is InChI=1S/C17H26N2/c1-4-5-6-7-8-11-15(3)19-17-12-9-10-14(2)16(17)13-18/h9-10,12,15,19H,4-8,11H2,1-3H3. The lowest BCUT2D eigenvalue weighted by Gasteiger charge is -2.17. The Labute approximate surface area is 117 Å². The van der Waals surface area contributed by atoms with Gasteiger partial charge < -0.3 is 5.32 Å². The van der Waals surface area contributed by atoms with E-state index in [-0.39, 0.29) is 0 Å². The van der Waals surface area contributed by atoms with E-state index in [0.717, 1.165) is 16.8 Å². The number of hydrogen-bond acceptors (Lipinski definition) is 2. The number of aryl methyl sites for hydroxylation is 1. The van der Waals surface area contributed by atoms with Crippen LogP contribution >= 0.6 is 0 Å². The zero-order chi connectivity index (χ0) is 14.1. The van der Waals surface area contributed by atoms with Gasteiger partial charge in [0.25, 0.3) is 0 Å². The van der Waals surface area contributed by atoms with Crippen LogP contribution in [0.1, 0.15) is 63.5 Å². The molecule has 0 spiro atoms. The summed E-state index contributed by atoms with van der Waals surface area (Å²) in [5.74, 6) is 0. The lowest BCUT2D eigenvalue weighted by Crippen LogP contribution is -2.16. The number of nitriles is 1. The van der Waals surface area contributed by atoms with Crippen molar-refractivity contribution >= 4 is 5.69 Å². The molecule has 2 nitrogen and oxygen atoms in total. The van der Waals surface area contributed by atoms with Crippen LogP contribution in [0.15, 0.2) is 18.2 Å². The third kappa shape index (κ3) is 5.34. The van der Waals surface area contributed by atoms with Crippen molar-refractivity contribution in [1.29, 1.82) is 5.26 Å². The molecule has 1 aromatic rings. The van der Waals surface area contributed by atoms with E-state index in [1.807, 2.05) is 25.1 Å². The maximum atomic E-state index is 9.20. The fourth-order valence-corrected chi connectivity index (χ4v) is 2.33. The van der Waals surface area contributed by atoms with Gasteiger partial charge in [-0.1, -0.05) is 51.2 Å². The molecular weight excluding hydrogens is 232 g/mol. The van der Waals surface area contributed by atoms with Gasteiger partial charge in [-0.15, -0.1) is 0 Å². The van der Waals surface area contributed by atoms with Crippen molar-refractivity contribution in [2.75, 3.05) is 5.32 Å². The quantitative estimate of drug-likeness (QED) is 0.664. The summed E-state index contributed by atoms with van der Waals surface area (Å²) < 4.78 is 0. The second kappa shape index (κ2) is 8.58. The molecule has 0 aliphatic rings. The highest BCUT2D eigenvalue weighted by atomic mass is 14.9. The molecule has 1 unspecified atom stereocenters. The van der Waals surface area contributed by atoms with Gasteiger partial charge in [0, 0.05) is 6.04 Å². The minimum Gasteiger partial charge on any atom is -0.382 e. The van der Waals surface area contributed by atoms with Crippen LogP contribution in [-0.4, -0.2) is 6.04 Å². The van der Waals surface area contributed by atoms with Crippen LogP contribution in [0.25, 0.3) is 0 Å². The van der Waals surface area contributed by atoms with E-state index in [0.29, 0.717) is 6.04 Å². The Morgan fingerprint density at radius 3 is 2.63 bits per heavy atom. The molecule has 0 aliphatic heterocycles. The molecule has 1 rings (SSSR count). The van der Waals surface area contributed by atoms with Crippen LogP contribution in [-0.2, 0) is 0 Å². The minimum absolute atomic E-state index is 0.426. The Hall–Kier alpha value is -1.49. The van der Waals surface area contributed by atoms with Crippen LogP contribution in [0.2, 0.25) is 0 Å². The largest absolute Gasteiger partial charge is 0.382 e. The molecule has 0 radical (unpaired) electrons. The van der Waals surface area contributed by atoms with Crippen LogP contribution in [0.5, 0.6) is 0 Å². The second-order valence-corrected chi connectivity index (χ2v) is 5.36. The first-order valence-corrected chi connectivity index (χ1v) is 7.45. The molecule has 0 heterocycles. The van der Waals surface area contributed by atoms with Crippen molar-refractivity contribution < 1.29 is 0 Å². The van der Waals surface area contributed by atoms with Gasteiger partial charge in [0.1, 0.15) is 6.07 Å². The lowest BCUT2D eigenvalue weighted by molar-refractivity contribution is 0.578. The smallest absolute Gasteiger partial charge is 0.102 e. The van der Waals surface area contributed by atoms with E-state index in [1.165, 1.54) is 38.5 Å². The molecule has 0 saturated heterocycles. The minimum atomic E-state index is 0.426. The van der Waals surface area contributed by atoms with Gasteiger partial charge >= 0.3 is 0 Å². The van der Waals surface area contributed by atoms with Crippen molar-refractivity contribution in [3.63, 3.8) is 0 Å². The number of rotatable bonds is 8. The lowest BCUT2D eigenvalue weighted by atomic mass is 10.0. The SMILES string of the molecule is CCCCCCCC(C)Nc1cccc(C)c1C#N. The van der Waals surface area contributed by atoms with Crippen molar-refractivity contribution in [2.24, 2.45) is 0 Å². The molecule has 1 atom stereocenters. The Morgan fingerprint density at radius 1 is 1.21 bits per heavy atom. The Kier molecular flexibility index (Phi) is 7.03. The first kappa shape index (κ1) is 15.6. The van der Waals surface area contributed by atoms with Crippen molar-refractivity contribution in [3.8, 4) is 6.07 Å². The molecule has 1 N–H and O–H groups in total. The molecule has 2 heteroatoms. The molecule has 19 heavy (non-hydrogen) atoms. The zero-order valence-electron chi connectivity index (χ0n) is 12.5. The van der Waals surface area contributed by atoms with Gasteiger partial charge in [0.2, 0.25) is 0 Å². The van der Waals surface area contributed by atoms with Crippen LogP contribution < -0.4 is 5.32 Å². The van der Waals surface area contributed by atoms with Gasteiger partial charge in [-0.05, 0) is 31.9 Å². The fraction of sp³-hybridized carbons (Fsp3) is 0.588. The summed E-state index contributed by atoms with van der Waals surface area (Å²) in [5, 5.41) is 12.7. The van der Waals surface area contributed by atoms with E-state index in [9.17, 15) is 5.26 Å². The van der Waals surface area contributed by atoms with Crippen LogP contribution in [0, 0.1) is 18.3 Å². The van der Waals surface area contributed by atoms with Gasteiger partial charge in [0.05, 0.1) is 11.3 Å². The first-order chi connectivity index (χ1) is 9.19. The van der Waals surface area contributed by atoms with E-state index in [2.05, 4.69) is 25.2 Å². The maximum absolute atomic E-state index is 9.20. The van der Waals surface area contributed by atoms with Crippen molar-refractivity contribution in [1.82, 2.24) is 0 Å². The molecule has 0 amide bonds. The van der Waals surface area contributed by atoms with E-state index in [1.54, 1.807) is 0 Å². The average molecular weight is 258 g/mol. The molecular formula is C17H26N2. The highest BCUT2D eigenvalue weighted by molar-refractivity contribution is 5.60. The second-order valence-electron chi connectivity index (χ2n) is 5.36. The Balaban J connectivity index is 2.42. The summed E-state index contributed by atoms with van der Waals surface area (Å²) >= 11 is 0. The zero-order valence-corrected chi connectivity index (χ0v) is 12.5. The third-order valence-corrected chi connectivity index (χ3v) is 3.53. The number of nitrogens with zero attached hydrogens (tertiary/aromatic N) is 1. The topological polar surface area (TPSA) is 35.8 Å². The van der Waals surface area contributed by atoms with Crippen LogP contribution in [0.4, 0.5) is 5.69 Å². The van der Waals surface area contributed by atoms with E-state index < -0.39 is 0 Å². The highest BCUT2D eigenvalue weighted by Gasteiger charge is 2.07. The van der Waals surface area contributed by atoms with Gasteiger partial charge in [-0.3, -0.25) is 0 Å². The molecule has 1 aromatic carbocycles.